The molecule has 2 aliphatic rings. The van der Waals surface area contributed by atoms with Crippen LogP contribution in [0.1, 0.15) is 56.8 Å². The molecule has 1 aliphatic heterocycles. The van der Waals surface area contributed by atoms with Gasteiger partial charge in [-0.2, -0.15) is 0 Å². The molecule has 24 heavy (non-hydrogen) atoms. The van der Waals surface area contributed by atoms with E-state index in [4.69, 9.17) is 4.74 Å². The van der Waals surface area contributed by atoms with E-state index in [0.717, 1.165) is 50.0 Å². The molecule has 0 N–H and O–H groups in total. The minimum absolute atomic E-state index is 0.0509. The van der Waals surface area contributed by atoms with Crippen LogP contribution in [0.5, 0.6) is 0 Å². The third kappa shape index (κ3) is 3.19. The molecule has 1 saturated carbocycles. The lowest BCUT2D eigenvalue weighted by atomic mass is 9.87. The zero-order chi connectivity index (χ0) is 17.1. The lowest BCUT2D eigenvalue weighted by molar-refractivity contribution is -0.156. The predicted octanol–water partition coefficient (Wildman–Crippen LogP) is 2.30. The topological polar surface area (TPSA) is 64.4 Å². The first-order valence-corrected chi connectivity index (χ1v) is 9.06. The van der Waals surface area contributed by atoms with Crippen LogP contribution in [0.4, 0.5) is 0 Å². The zero-order valence-corrected chi connectivity index (χ0v) is 14.7. The fourth-order valence-electron chi connectivity index (χ4n) is 3.96. The zero-order valence-electron chi connectivity index (χ0n) is 14.7. The highest BCUT2D eigenvalue weighted by Gasteiger charge is 2.39. The van der Waals surface area contributed by atoms with Crippen LogP contribution in [0.15, 0.2) is 6.33 Å². The van der Waals surface area contributed by atoms with Gasteiger partial charge in [-0.05, 0) is 19.3 Å². The third-order valence-corrected chi connectivity index (χ3v) is 5.29. The lowest BCUT2D eigenvalue weighted by Crippen LogP contribution is -2.51. The second-order valence-corrected chi connectivity index (χ2v) is 6.88. The molecule has 6 nitrogen and oxygen atoms in total. The van der Waals surface area contributed by atoms with Gasteiger partial charge in [0, 0.05) is 18.9 Å². The van der Waals surface area contributed by atoms with Gasteiger partial charge in [-0.15, -0.1) is 0 Å². The summed E-state index contributed by atoms with van der Waals surface area (Å²) in [5.41, 5.74) is 1.99. The number of ether oxygens (including phenoxy) is 1. The van der Waals surface area contributed by atoms with E-state index in [0.29, 0.717) is 13.0 Å². The Kier molecular flexibility index (Phi) is 5.21. The Labute approximate surface area is 143 Å². The van der Waals surface area contributed by atoms with Gasteiger partial charge in [-0.1, -0.05) is 26.2 Å². The highest BCUT2D eigenvalue weighted by molar-refractivity contribution is 5.86. The minimum atomic E-state index is -0.540. The average Bonchev–Trinajstić information content (AvgIpc) is 3.02. The Morgan fingerprint density at radius 3 is 2.71 bits per heavy atom. The maximum Gasteiger partial charge on any atom is 0.329 e. The quantitative estimate of drug-likeness (QED) is 0.793. The Bertz CT molecular complexity index is 605. The van der Waals surface area contributed by atoms with Crippen molar-refractivity contribution in [3.05, 3.63) is 17.7 Å². The molecule has 132 valence electrons. The number of hydrogen-bond donors (Lipinski definition) is 0. The van der Waals surface area contributed by atoms with Gasteiger partial charge in [0.05, 0.1) is 31.4 Å². The van der Waals surface area contributed by atoms with E-state index in [1.54, 1.807) is 4.90 Å². The molecule has 0 radical (unpaired) electrons. The second kappa shape index (κ2) is 7.36. The molecule has 0 unspecified atom stereocenters. The second-order valence-electron chi connectivity index (χ2n) is 6.88. The maximum atomic E-state index is 13.1. The van der Waals surface area contributed by atoms with Crippen LogP contribution in [-0.2, 0) is 33.8 Å². The van der Waals surface area contributed by atoms with Crippen molar-refractivity contribution in [1.29, 1.82) is 0 Å². The van der Waals surface area contributed by atoms with Crippen molar-refractivity contribution in [3.8, 4) is 0 Å². The summed E-state index contributed by atoms with van der Waals surface area (Å²) in [4.78, 5) is 31.5. The van der Waals surface area contributed by atoms with Crippen LogP contribution < -0.4 is 0 Å². The van der Waals surface area contributed by atoms with E-state index in [1.807, 2.05) is 6.33 Å². The van der Waals surface area contributed by atoms with Crippen molar-refractivity contribution in [2.75, 3.05) is 7.11 Å². The molecule has 1 amide bonds. The Morgan fingerprint density at radius 1 is 1.29 bits per heavy atom. The smallest absolute Gasteiger partial charge is 0.329 e. The van der Waals surface area contributed by atoms with Crippen LogP contribution in [-0.4, -0.2) is 39.5 Å². The van der Waals surface area contributed by atoms with E-state index in [-0.39, 0.29) is 17.8 Å². The van der Waals surface area contributed by atoms with E-state index < -0.39 is 6.04 Å². The van der Waals surface area contributed by atoms with Crippen molar-refractivity contribution < 1.29 is 14.3 Å². The molecule has 1 fully saturated rings. The van der Waals surface area contributed by atoms with Gasteiger partial charge >= 0.3 is 5.97 Å². The highest BCUT2D eigenvalue weighted by atomic mass is 16.5. The van der Waals surface area contributed by atoms with Crippen molar-refractivity contribution >= 4 is 11.9 Å². The first kappa shape index (κ1) is 17.0. The number of carbonyl (C=O) groups is 2. The van der Waals surface area contributed by atoms with Gasteiger partial charge in [0.15, 0.2) is 0 Å². The number of aryl methyl sites for hydroxylation is 1. The Balaban J connectivity index is 1.87. The first-order valence-electron chi connectivity index (χ1n) is 9.06. The summed E-state index contributed by atoms with van der Waals surface area (Å²) < 4.78 is 7.07. The van der Waals surface area contributed by atoms with Crippen molar-refractivity contribution in [1.82, 2.24) is 14.5 Å². The van der Waals surface area contributed by atoms with E-state index >= 15 is 0 Å². The molecule has 1 atom stereocenters. The molecule has 0 aromatic carbocycles. The summed E-state index contributed by atoms with van der Waals surface area (Å²) in [6, 6.07) is -0.540. The summed E-state index contributed by atoms with van der Waals surface area (Å²) >= 11 is 0. The van der Waals surface area contributed by atoms with E-state index in [2.05, 4.69) is 16.5 Å². The normalized spacial score (nSPS) is 21.4. The van der Waals surface area contributed by atoms with Crippen molar-refractivity contribution in [2.24, 2.45) is 5.92 Å². The van der Waals surface area contributed by atoms with Gasteiger partial charge in [0.2, 0.25) is 5.91 Å². The molecule has 0 bridgehead atoms. The number of esters is 1. The number of fused-ring (bicyclic) bond motifs is 1. The van der Waals surface area contributed by atoms with Crippen LogP contribution in [0.25, 0.3) is 0 Å². The molecule has 0 saturated heterocycles. The number of nitrogens with zero attached hydrogens (tertiary/aromatic N) is 3. The van der Waals surface area contributed by atoms with Gasteiger partial charge in [-0.25, -0.2) is 9.78 Å². The molecular weight excluding hydrogens is 306 g/mol. The van der Waals surface area contributed by atoms with E-state index in [1.165, 1.54) is 13.5 Å². The largest absolute Gasteiger partial charge is 0.467 e. The highest BCUT2D eigenvalue weighted by Crippen LogP contribution is 2.30. The standard InChI is InChI=1S/C18H27N3O3/c1-3-9-20-12-19-14-10-15(18(23)24-2)21(11-16(14)20)17(22)13-7-5-4-6-8-13/h12-13,15H,3-11H2,1-2H3/t15-/m0/s1. The molecule has 6 heteroatoms. The van der Waals surface area contributed by atoms with Gasteiger partial charge in [0.25, 0.3) is 0 Å². The summed E-state index contributed by atoms with van der Waals surface area (Å²) in [6.45, 7) is 3.47. The van der Waals surface area contributed by atoms with Crippen LogP contribution in [0, 0.1) is 5.92 Å². The number of aromatic nitrogens is 2. The summed E-state index contributed by atoms with van der Waals surface area (Å²) in [6.07, 6.45) is 8.58. The number of rotatable bonds is 4. The van der Waals surface area contributed by atoms with Crippen molar-refractivity contribution in [2.45, 2.75) is 71.0 Å². The van der Waals surface area contributed by atoms with Crippen LogP contribution in [0.3, 0.4) is 0 Å². The number of amides is 1. The fraction of sp³-hybridized carbons (Fsp3) is 0.722. The minimum Gasteiger partial charge on any atom is -0.467 e. The summed E-state index contributed by atoms with van der Waals surface area (Å²) in [5.74, 6) is -0.176. The summed E-state index contributed by atoms with van der Waals surface area (Å²) in [5, 5.41) is 0. The van der Waals surface area contributed by atoms with Gasteiger partial charge in [0.1, 0.15) is 6.04 Å². The molecule has 1 aromatic rings. The average molecular weight is 333 g/mol. The first-order chi connectivity index (χ1) is 11.7. The Hall–Kier alpha value is -1.85. The number of hydrogen-bond acceptors (Lipinski definition) is 4. The summed E-state index contributed by atoms with van der Waals surface area (Å²) in [7, 11) is 1.39. The Morgan fingerprint density at radius 2 is 2.04 bits per heavy atom. The van der Waals surface area contributed by atoms with Crippen LogP contribution in [0.2, 0.25) is 0 Å². The molecule has 0 spiro atoms. The van der Waals surface area contributed by atoms with Gasteiger partial charge < -0.3 is 14.2 Å². The van der Waals surface area contributed by atoms with Gasteiger partial charge in [-0.3, -0.25) is 4.79 Å². The van der Waals surface area contributed by atoms with Crippen LogP contribution >= 0.6 is 0 Å². The number of imidazole rings is 1. The molecule has 2 heterocycles. The third-order valence-electron chi connectivity index (χ3n) is 5.29. The maximum absolute atomic E-state index is 13.1. The number of methoxy groups -OCH3 is 1. The van der Waals surface area contributed by atoms with E-state index in [9.17, 15) is 9.59 Å². The van der Waals surface area contributed by atoms with Crippen molar-refractivity contribution in [3.63, 3.8) is 0 Å². The lowest BCUT2D eigenvalue weighted by Gasteiger charge is -2.37. The predicted molar refractivity (Wildman–Crippen MR) is 89.2 cm³/mol. The SMILES string of the molecule is CCCn1cnc2c1CN(C(=O)C1CCCCC1)[C@H](C(=O)OC)C2. The molecule has 1 aliphatic carbocycles. The molecular formula is C18H27N3O3. The fourth-order valence-corrected chi connectivity index (χ4v) is 3.96. The monoisotopic (exact) mass is 333 g/mol. The molecule has 3 rings (SSSR count). The number of carbonyl (C=O) groups excluding carboxylic acids is 2. The molecule has 1 aromatic heterocycles.